The van der Waals surface area contributed by atoms with E-state index in [1.165, 1.54) is 5.56 Å². The molecule has 1 aliphatic rings. The van der Waals surface area contributed by atoms with Crippen LogP contribution in [0, 0.1) is 0 Å². The molecule has 0 saturated carbocycles. The van der Waals surface area contributed by atoms with Crippen molar-refractivity contribution in [3.8, 4) is 5.75 Å². The van der Waals surface area contributed by atoms with Crippen LogP contribution in [0.4, 0.5) is 0 Å². The van der Waals surface area contributed by atoms with Gasteiger partial charge < -0.3 is 15.4 Å². The molecule has 120 valence electrons. The third-order valence-corrected chi connectivity index (χ3v) is 4.15. The molecule has 1 unspecified atom stereocenters. The van der Waals surface area contributed by atoms with Gasteiger partial charge in [-0.25, -0.2) is 0 Å². The lowest BCUT2D eigenvalue weighted by molar-refractivity contribution is -0.137. The highest BCUT2D eigenvalue weighted by atomic mass is 16.5. The number of hydrogen-bond donors (Lipinski definition) is 1. The Hall–Kier alpha value is -2.33. The average Bonchev–Trinajstić information content (AvgIpc) is 3.03. The molecule has 4 heteroatoms. The van der Waals surface area contributed by atoms with Crippen molar-refractivity contribution in [3.63, 3.8) is 0 Å². The molecule has 1 aliphatic heterocycles. The third kappa shape index (κ3) is 3.71. The van der Waals surface area contributed by atoms with Gasteiger partial charge in [0.25, 0.3) is 5.91 Å². The normalized spacial score (nSPS) is 15.8. The maximum Gasteiger partial charge on any atom is 0.264 e. The topological polar surface area (TPSA) is 55.6 Å². The molecule has 0 aliphatic carbocycles. The first-order valence-corrected chi connectivity index (χ1v) is 8.05. The van der Waals surface area contributed by atoms with Crippen LogP contribution >= 0.6 is 0 Å². The number of nitrogens with two attached hydrogens (primary N) is 1. The Balaban J connectivity index is 1.63. The summed E-state index contributed by atoms with van der Waals surface area (Å²) in [5.74, 6) is 0.851. The van der Waals surface area contributed by atoms with Crippen LogP contribution in [0.15, 0.2) is 54.6 Å². The van der Waals surface area contributed by atoms with Gasteiger partial charge in [-0.2, -0.15) is 0 Å². The van der Waals surface area contributed by atoms with Gasteiger partial charge in [0, 0.05) is 26.1 Å². The van der Waals surface area contributed by atoms with Crippen LogP contribution in [0.5, 0.6) is 5.75 Å². The van der Waals surface area contributed by atoms with E-state index in [1.807, 2.05) is 47.4 Å². The number of benzene rings is 2. The maximum atomic E-state index is 12.8. The molecular formula is C19H22N2O2. The second-order valence-electron chi connectivity index (χ2n) is 5.77. The van der Waals surface area contributed by atoms with Crippen LogP contribution in [-0.4, -0.2) is 36.5 Å². The fourth-order valence-corrected chi connectivity index (χ4v) is 2.92. The summed E-state index contributed by atoms with van der Waals surface area (Å²) in [6, 6.07) is 18.0. The van der Waals surface area contributed by atoms with Gasteiger partial charge in [-0.15, -0.1) is 0 Å². The Bertz CT molecular complexity index is 632. The van der Waals surface area contributed by atoms with Gasteiger partial charge >= 0.3 is 0 Å². The summed E-state index contributed by atoms with van der Waals surface area (Å²) in [6.07, 6.45) is 1.04. The molecule has 0 spiro atoms. The lowest BCUT2D eigenvalue weighted by Gasteiger charge is -2.25. The molecule has 0 bridgehead atoms. The van der Waals surface area contributed by atoms with E-state index in [0.29, 0.717) is 26.1 Å². The van der Waals surface area contributed by atoms with Crippen LogP contribution in [0.1, 0.15) is 11.1 Å². The molecule has 3 rings (SSSR count). The van der Waals surface area contributed by atoms with Gasteiger partial charge in [-0.1, -0.05) is 48.5 Å². The van der Waals surface area contributed by atoms with E-state index in [4.69, 9.17) is 10.5 Å². The first kappa shape index (κ1) is 15.6. The van der Waals surface area contributed by atoms with Crippen molar-refractivity contribution < 1.29 is 9.53 Å². The molecule has 0 aromatic heterocycles. The molecule has 1 atom stereocenters. The monoisotopic (exact) mass is 310 g/mol. The minimum Gasteiger partial charge on any atom is -0.480 e. The van der Waals surface area contributed by atoms with E-state index >= 15 is 0 Å². The molecule has 0 radical (unpaired) electrons. The van der Waals surface area contributed by atoms with Crippen molar-refractivity contribution >= 4 is 5.91 Å². The van der Waals surface area contributed by atoms with Crippen LogP contribution in [0.2, 0.25) is 0 Å². The van der Waals surface area contributed by atoms with E-state index in [2.05, 4.69) is 12.1 Å². The van der Waals surface area contributed by atoms with Gasteiger partial charge in [0.15, 0.2) is 6.10 Å². The van der Waals surface area contributed by atoms with Crippen LogP contribution < -0.4 is 10.5 Å². The average molecular weight is 310 g/mol. The summed E-state index contributed by atoms with van der Waals surface area (Å²) >= 11 is 0. The number of ether oxygens (including phenoxy) is 1. The summed E-state index contributed by atoms with van der Waals surface area (Å²) in [6.45, 7) is 1.68. The van der Waals surface area contributed by atoms with Gasteiger partial charge in [0.05, 0.1) is 0 Å². The fraction of sp³-hybridized carbons (Fsp3) is 0.316. The molecule has 2 aromatic rings. The second-order valence-corrected chi connectivity index (χ2v) is 5.77. The summed E-state index contributed by atoms with van der Waals surface area (Å²) < 4.78 is 5.82. The summed E-state index contributed by atoms with van der Waals surface area (Å²) in [4.78, 5) is 14.6. The largest absolute Gasteiger partial charge is 0.480 e. The zero-order valence-corrected chi connectivity index (χ0v) is 13.2. The van der Waals surface area contributed by atoms with Crippen LogP contribution in [0.25, 0.3) is 0 Å². The number of nitrogens with zero attached hydrogens (tertiary/aromatic N) is 1. The first-order chi connectivity index (χ1) is 11.3. The predicted molar refractivity (Wildman–Crippen MR) is 90.3 cm³/mol. The summed E-state index contributed by atoms with van der Waals surface area (Å²) in [7, 11) is 0. The number of rotatable bonds is 6. The number of hydrogen-bond acceptors (Lipinski definition) is 3. The predicted octanol–water partition coefficient (Wildman–Crippen LogP) is 2.02. The molecule has 0 fully saturated rings. The van der Waals surface area contributed by atoms with E-state index in [9.17, 15) is 4.79 Å². The summed E-state index contributed by atoms with van der Waals surface area (Å²) in [5, 5.41) is 0. The first-order valence-electron chi connectivity index (χ1n) is 8.05. The second kappa shape index (κ2) is 7.29. The zero-order valence-electron chi connectivity index (χ0n) is 13.2. The Morgan fingerprint density at radius 1 is 1.09 bits per heavy atom. The highest BCUT2D eigenvalue weighted by Gasteiger charge is 2.31. The van der Waals surface area contributed by atoms with Crippen molar-refractivity contribution in [2.45, 2.75) is 18.9 Å². The van der Waals surface area contributed by atoms with Crippen molar-refractivity contribution in [2.75, 3.05) is 19.6 Å². The standard InChI is InChI=1S/C19H22N2O2/c20-11-13-21(12-10-15-6-2-1-3-7-15)19(22)18-14-16-8-4-5-9-17(16)23-18/h1-9,18H,10-14,20H2. The van der Waals surface area contributed by atoms with Gasteiger partial charge in [-0.05, 0) is 23.6 Å². The van der Waals surface area contributed by atoms with Crippen LogP contribution in [-0.2, 0) is 17.6 Å². The number of carbonyl (C=O) groups excluding carboxylic acids is 1. The van der Waals surface area contributed by atoms with Crippen molar-refractivity contribution in [3.05, 3.63) is 65.7 Å². The number of fused-ring (bicyclic) bond motifs is 1. The molecule has 1 amide bonds. The smallest absolute Gasteiger partial charge is 0.264 e. The van der Waals surface area contributed by atoms with Crippen molar-refractivity contribution in [2.24, 2.45) is 5.73 Å². The van der Waals surface area contributed by atoms with E-state index < -0.39 is 6.10 Å². The van der Waals surface area contributed by atoms with E-state index in [0.717, 1.165) is 17.7 Å². The van der Waals surface area contributed by atoms with Gasteiger partial charge in [0.1, 0.15) is 5.75 Å². The van der Waals surface area contributed by atoms with Crippen LogP contribution in [0.3, 0.4) is 0 Å². The molecule has 2 N–H and O–H groups in total. The highest BCUT2D eigenvalue weighted by Crippen LogP contribution is 2.28. The Morgan fingerprint density at radius 2 is 1.83 bits per heavy atom. The third-order valence-electron chi connectivity index (χ3n) is 4.15. The van der Waals surface area contributed by atoms with Gasteiger partial charge in [-0.3, -0.25) is 4.79 Å². The minimum absolute atomic E-state index is 0.0302. The molecule has 1 heterocycles. The molecule has 2 aromatic carbocycles. The van der Waals surface area contributed by atoms with E-state index in [1.54, 1.807) is 0 Å². The number of para-hydroxylation sites is 1. The Morgan fingerprint density at radius 3 is 2.57 bits per heavy atom. The van der Waals surface area contributed by atoms with Gasteiger partial charge in [0.2, 0.25) is 0 Å². The van der Waals surface area contributed by atoms with E-state index in [-0.39, 0.29) is 5.91 Å². The molecule has 4 nitrogen and oxygen atoms in total. The number of carbonyl (C=O) groups is 1. The quantitative estimate of drug-likeness (QED) is 0.888. The summed E-state index contributed by atoms with van der Waals surface area (Å²) in [5.41, 5.74) is 8.00. The Labute approximate surface area is 136 Å². The molecule has 23 heavy (non-hydrogen) atoms. The van der Waals surface area contributed by atoms with Crippen molar-refractivity contribution in [1.82, 2.24) is 4.90 Å². The Kier molecular flexibility index (Phi) is 4.93. The number of amides is 1. The minimum atomic E-state index is -0.422. The SMILES string of the molecule is NCCN(CCc1ccccc1)C(=O)C1Cc2ccccc2O1. The highest BCUT2D eigenvalue weighted by molar-refractivity contribution is 5.82. The zero-order chi connectivity index (χ0) is 16.1. The lowest BCUT2D eigenvalue weighted by Crippen LogP contribution is -2.44. The molecule has 0 saturated heterocycles. The molecular weight excluding hydrogens is 288 g/mol. The van der Waals surface area contributed by atoms with Crippen molar-refractivity contribution in [1.29, 1.82) is 0 Å². The maximum absolute atomic E-state index is 12.8. The lowest BCUT2D eigenvalue weighted by atomic mass is 10.1. The fourth-order valence-electron chi connectivity index (χ4n) is 2.92.